The van der Waals surface area contributed by atoms with Gasteiger partial charge in [0.2, 0.25) is 0 Å². The molecule has 116 valence electrons. The SMILES string of the molecule is CC(C)(C)OC(=O)Nc1cc(F)c(N2CC(O)C2)c(F)c1. The molecular weight excluding hydrogens is 282 g/mol. The zero-order chi connectivity index (χ0) is 15.8. The van der Waals surface area contributed by atoms with Gasteiger partial charge < -0.3 is 14.7 Å². The van der Waals surface area contributed by atoms with Crippen molar-refractivity contribution in [1.29, 1.82) is 0 Å². The summed E-state index contributed by atoms with van der Waals surface area (Å²) in [6.45, 7) is 5.43. The van der Waals surface area contributed by atoms with E-state index in [1.807, 2.05) is 0 Å². The van der Waals surface area contributed by atoms with E-state index in [4.69, 9.17) is 4.74 Å². The van der Waals surface area contributed by atoms with Crippen LogP contribution in [0.15, 0.2) is 12.1 Å². The third-order valence-corrected chi connectivity index (χ3v) is 2.84. The van der Waals surface area contributed by atoms with Crippen molar-refractivity contribution in [2.75, 3.05) is 23.3 Å². The zero-order valence-electron chi connectivity index (χ0n) is 12.1. The second kappa shape index (κ2) is 5.48. The second-order valence-corrected chi connectivity index (χ2v) is 5.97. The van der Waals surface area contributed by atoms with Crippen LogP contribution in [-0.2, 0) is 4.74 Å². The van der Waals surface area contributed by atoms with Gasteiger partial charge in [-0.2, -0.15) is 0 Å². The van der Waals surface area contributed by atoms with Gasteiger partial charge in [-0.05, 0) is 32.9 Å². The van der Waals surface area contributed by atoms with Gasteiger partial charge in [0.1, 0.15) is 11.3 Å². The lowest BCUT2D eigenvalue weighted by Gasteiger charge is -2.38. The third-order valence-electron chi connectivity index (χ3n) is 2.84. The lowest BCUT2D eigenvalue weighted by molar-refractivity contribution is 0.0636. The minimum Gasteiger partial charge on any atom is -0.444 e. The number of anilines is 2. The van der Waals surface area contributed by atoms with Crippen molar-refractivity contribution < 1.29 is 23.4 Å². The van der Waals surface area contributed by atoms with E-state index in [-0.39, 0.29) is 24.5 Å². The zero-order valence-corrected chi connectivity index (χ0v) is 12.1. The van der Waals surface area contributed by atoms with Crippen molar-refractivity contribution in [1.82, 2.24) is 0 Å². The number of hydrogen-bond donors (Lipinski definition) is 2. The summed E-state index contributed by atoms with van der Waals surface area (Å²) in [5, 5.41) is 11.5. The number of carbonyl (C=O) groups is 1. The van der Waals surface area contributed by atoms with E-state index < -0.39 is 29.4 Å². The predicted octanol–water partition coefficient (Wildman–Crippen LogP) is 2.49. The second-order valence-electron chi connectivity index (χ2n) is 5.97. The Kier molecular flexibility index (Phi) is 4.04. The normalized spacial score (nSPS) is 15.6. The largest absolute Gasteiger partial charge is 0.444 e. The molecule has 0 atom stereocenters. The number of carbonyl (C=O) groups excluding carboxylic acids is 1. The van der Waals surface area contributed by atoms with Crippen molar-refractivity contribution in [2.45, 2.75) is 32.5 Å². The summed E-state index contributed by atoms with van der Waals surface area (Å²) >= 11 is 0. The molecule has 0 bridgehead atoms. The Hall–Kier alpha value is -1.89. The molecule has 0 saturated carbocycles. The first-order valence-corrected chi connectivity index (χ1v) is 6.58. The molecule has 1 aromatic carbocycles. The molecular formula is C14H18F2N2O3. The molecule has 0 aromatic heterocycles. The van der Waals surface area contributed by atoms with Gasteiger partial charge in [0.05, 0.1) is 6.10 Å². The van der Waals surface area contributed by atoms with Crippen molar-refractivity contribution in [2.24, 2.45) is 0 Å². The van der Waals surface area contributed by atoms with E-state index >= 15 is 0 Å². The van der Waals surface area contributed by atoms with E-state index in [0.29, 0.717) is 0 Å². The Balaban J connectivity index is 2.11. The average Bonchev–Trinajstić information content (AvgIpc) is 2.22. The highest BCUT2D eigenvalue weighted by atomic mass is 19.1. The molecule has 0 aliphatic carbocycles. The van der Waals surface area contributed by atoms with E-state index in [1.165, 1.54) is 4.90 Å². The fraction of sp³-hybridized carbons (Fsp3) is 0.500. The molecule has 0 unspecified atom stereocenters. The number of ether oxygens (including phenoxy) is 1. The number of β-amino-alcohol motifs (C(OH)–C–C–N with tert-alkyl or cyclic N) is 1. The molecule has 1 aromatic rings. The monoisotopic (exact) mass is 300 g/mol. The summed E-state index contributed by atoms with van der Waals surface area (Å²) in [5.74, 6) is -1.60. The van der Waals surface area contributed by atoms with Crippen LogP contribution in [0.25, 0.3) is 0 Å². The Morgan fingerprint density at radius 2 is 1.86 bits per heavy atom. The highest BCUT2D eigenvalue weighted by Crippen LogP contribution is 2.30. The van der Waals surface area contributed by atoms with Gasteiger partial charge in [-0.3, -0.25) is 5.32 Å². The van der Waals surface area contributed by atoms with Crippen molar-refractivity contribution in [3.63, 3.8) is 0 Å². The molecule has 21 heavy (non-hydrogen) atoms. The summed E-state index contributed by atoms with van der Waals surface area (Å²) in [6.07, 6.45) is -1.35. The van der Waals surface area contributed by atoms with Crippen molar-refractivity contribution >= 4 is 17.5 Å². The molecule has 2 N–H and O–H groups in total. The first-order valence-electron chi connectivity index (χ1n) is 6.58. The van der Waals surface area contributed by atoms with Crippen molar-refractivity contribution in [3.8, 4) is 0 Å². The van der Waals surface area contributed by atoms with Gasteiger partial charge >= 0.3 is 6.09 Å². The number of rotatable bonds is 2. The quantitative estimate of drug-likeness (QED) is 0.881. The van der Waals surface area contributed by atoms with Crippen LogP contribution in [0.5, 0.6) is 0 Å². The topological polar surface area (TPSA) is 61.8 Å². The fourth-order valence-electron chi connectivity index (χ4n) is 2.00. The Bertz CT molecular complexity index is 529. The lowest BCUT2D eigenvalue weighted by Crippen LogP contribution is -2.51. The predicted molar refractivity (Wildman–Crippen MR) is 74.4 cm³/mol. The maximum atomic E-state index is 13.9. The van der Waals surface area contributed by atoms with Crippen LogP contribution >= 0.6 is 0 Å². The molecule has 2 rings (SSSR count). The van der Waals surface area contributed by atoms with E-state index in [1.54, 1.807) is 20.8 Å². The minimum absolute atomic E-state index is 0.0240. The first kappa shape index (κ1) is 15.5. The van der Waals surface area contributed by atoms with Crippen LogP contribution in [0.4, 0.5) is 25.0 Å². The number of hydrogen-bond acceptors (Lipinski definition) is 4. The lowest BCUT2D eigenvalue weighted by atomic mass is 10.1. The van der Waals surface area contributed by atoms with E-state index in [0.717, 1.165) is 12.1 Å². The molecule has 7 heteroatoms. The maximum Gasteiger partial charge on any atom is 0.412 e. The number of aliphatic hydroxyl groups is 1. The molecule has 0 spiro atoms. The van der Waals surface area contributed by atoms with E-state index in [9.17, 15) is 18.7 Å². The standard InChI is InChI=1S/C14H18F2N2O3/c1-14(2,3)21-13(20)17-8-4-10(15)12(11(16)5-8)18-6-9(19)7-18/h4-5,9,19H,6-7H2,1-3H3,(H,17,20). The number of halogens is 2. The smallest absolute Gasteiger partial charge is 0.412 e. The Morgan fingerprint density at radius 1 is 1.33 bits per heavy atom. The molecule has 1 aliphatic rings. The summed E-state index contributed by atoms with van der Waals surface area (Å²) in [7, 11) is 0. The molecule has 1 heterocycles. The fourth-order valence-corrected chi connectivity index (χ4v) is 2.00. The van der Waals surface area contributed by atoms with Crippen LogP contribution < -0.4 is 10.2 Å². The number of nitrogens with one attached hydrogen (secondary N) is 1. The minimum atomic E-state index is -0.798. The van der Waals surface area contributed by atoms with Gasteiger partial charge in [-0.1, -0.05) is 0 Å². The highest BCUT2D eigenvalue weighted by molar-refractivity contribution is 5.85. The molecule has 1 amide bonds. The van der Waals surface area contributed by atoms with Crippen LogP contribution in [0, 0.1) is 11.6 Å². The summed E-state index contributed by atoms with van der Waals surface area (Å²) < 4.78 is 32.9. The number of nitrogens with zero attached hydrogens (tertiary/aromatic N) is 1. The summed E-state index contributed by atoms with van der Waals surface area (Å²) in [4.78, 5) is 13.0. The molecule has 1 aliphatic heterocycles. The first-order chi connectivity index (χ1) is 9.65. The van der Waals surface area contributed by atoms with Crippen LogP contribution in [0.2, 0.25) is 0 Å². The van der Waals surface area contributed by atoms with E-state index in [2.05, 4.69) is 5.32 Å². The van der Waals surface area contributed by atoms with Gasteiger partial charge in [0.25, 0.3) is 0 Å². The Labute approximate surface area is 121 Å². The van der Waals surface area contributed by atoms with Crippen LogP contribution in [0.3, 0.4) is 0 Å². The Morgan fingerprint density at radius 3 is 2.29 bits per heavy atom. The summed E-state index contributed by atoms with van der Waals surface area (Å²) in [6, 6.07) is 2.04. The summed E-state index contributed by atoms with van der Waals surface area (Å²) in [5.41, 5.74) is -0.923. The molecule has 1 saturated heterocycles. The average molecular weight is 300 g/mol. The number of amides is 1. The molecule has 0 radical (unpaired) electrons. The van der Waals surface area contributed by atoms with Crippen LogP contribution in [-0.4, -0.2) is 36.0 Å². The van der Waals surface area contributed by atoms with Crippen molar-refractivity contribution in [3.05, 3.63) is 23.8 Å². The van der Waals surface area contributed by atoms with Gasteiger partial charge in [-0.25, -0.2) is 13.6 Å². The van der Waals surface area contributed by atoms with Gasteiger partial charge in [0.15, 0.2) is 11.6 Å². The maximum absolute atomic E-state index is 13.9. The highest BCUT2D eigenvalue weighted by Gasteiger charge is 2.29. The number of aliphatic hydroxyl groups excluding tert-OH is 1. The molecule has 1 fully saturated rings. The molecule has 5 nitrogen and oxygen atoms in total. The van der Waals surface area contributed by atoms with Gasteiger partial charge in [0, 0.05) is 18.8 Å². The number of benzene rings is 1. The van der Waals surface area contributed by atoms with Gasteiger partial charge in [-0.15, -0.1) is 0 Å². The third kappa shape index (κ3) is 3.81. The van der Waals surface area contributed by atoms with Crippen LogP contribution in [0.1, 0.15) is 20.8 Å².